The van der Waals surface area contributed by atoms with Gasteiger partial charge in [-0.3, -0.25) is 9.69 Å². The molecule has 1 N–H and O–H groups in total. The number of carbonyl (C=O) groups is 1. The van der Waals surface area contributed by atoms with Crippen LogP contribution in [0, 0.1) is 12.3 Å². The van der Waals surface area contributed by atoms with Gasteiger partial charge in [0, 0.05) is 27.3 Å². The molecule has 5 heteroatoms. The number of carboxylic acid groups (broad SMARTS) is 1. The molecular formula is C12H16BrNO2S. The molecule has 17 heavy (non-hydrogen) atoms. The molecule has 3 nitrogen and oxygen atoms in total. The van der Waals surface area contributed by atoms with Crippen molar-refractivity contribution in [2.75, 3.05) is 13.1 Å². The normalized spacial score (nSPS) is 25.4. The van der Waals surface area contributed by atoms with Crippen molar-refractivity contribution in [3.63, 3.8) is 0 Å². The van der Waals surface area contributed by atoms with E-state index in [0.29, 0.717) is 6.54 Å². The van der Waals surface area contributed by atoms with E-state index < -0.39 is 11.4 Å². The van der Waals surface area contributed by atoms with Gasteiger partial charge in [-0.25, -0.2) is 0 Å². The van der Waals surface area contributed by atoms with Crippen LogP contribution in [-0.4, -0.2) is 29.1 Å². The molecule has 1 aliphatic heterocycles. The Labute approximate surface area is 114 Å². The molecule has 0 amide bonds. The van der Waals surface area contributed by atoms with Gasteiger partial charge in [-0.05, 0) is 48.8 Å². The van der Waals surface area contributed by atoms with Crippen LogP contribution in [-0.2, 0) is 11.3 Å². The first kappa shape index (κ1) is 13.1. The third-order valence-electron chi connectivity index (χ3n) is 3.32. The maximum atomic E-state index is 11.2. The molecule has 0 bridgehead atoms. The smallest absolute Gasteiger partial charge is 0.310 e. The zero-order valence-corrected chi connectivity index (χ0v) is 12.4. The van der Waals surface area contributed by atoms with Crippen molar-refractivity contribution in [2.45, 2.75) is 26.8 Å². The first-order valence-corrected chi connectivity index (χ1v) is 7.22. The minimum absolute atomic E-state index is 0.571. The summed E-state index contributed by atoms with van der Waals surface area (Å²) in [6.45, 7) is 6.29. The number of likely N-dealkylation sites (tertiary alicyclic amines) is 1. The molecule has 0 spiro atoms. The lowest BCUT2D eigenvalue weighted by atomic mass is 9.90. The summed E-state index contributed by atoms with van der Waals surface area (Å²) in [6, 6.07) is 2.12. The minimum atomic E-state index is -0.679. The van der Waals surface area contributed by atoms with Gasteiger partial charge in [-0.15, -0.1) is 11.3 Å². The largest absolute Gasteiger partial charge is 0.481 e. The fourth-order valence-electron chi connectivity index (χ4n) is 2.21. The standard InChI is InChI=1S/C12H16BrNO2S/c1-8-5-9(13)10(17-8)6-14-4-3-12(2,7-14)11(15)16/h5H,3-4,6-7H2,1-2H3,(H,15,16). The lowest BCUT2D eigenvalue weighted by molar-refractivity contribution is -0.147. The monoisotopic (exact) mass is 317 g/mol. The third-order valence-corrected chi connectivity index (χ3v) is 5.32. The quantitative estimate of drug-likeness (QED) is 0.931. The van der Waals surface area contributed by atoms with E-state index in [-0.39, 0.29) is 0 Å². The zero-order valence-electron chi connectivity index (χ0n) is 9.99. The molecule has 1 atom stereocenters. The van der Waals surface area contributed by atoms with Crippen molar-refractivity contribution in [3.8, 4) is 0 Å². The van der Waals surface area contributed by atoms with Crippen LogP contribution in [0.3, 0.4) is 0 Å². The number of aryl methyl sites for hydroxylation is 1. The van der Waals surface area contributed by atoms with E-state index in [1.807, 2.05) is 6.92 Å². The average Bonchev–Trinajstić information content (AvgIpc) is 2.73. The predicted octanol–water partition coefficient (Wildman–Crippen LogP) is 3.12. The number of hydrogen-bond acceptors (Lipinski definition) is 3. The molecule has 0 aliphatic carbocycles. The maximum absolute atomic E-state index is 11.2. The van der Waals surface area contributed by atoms with Crippen LogP contribution in [0.1, 0.15) is 23.1 Å². The van der Waals surface area contributed by atoms with Crippen LogP contribution in [0.2, 0.25) is 0 Å². The van der Waals surface area contributed by atoms with Gasteiger partial charge in [-0.1, -0.05) is 0 Å². The Kier molecular flexibility index (Phi) is 3.61. The second-order valence-electron chi connectivity index (χ2n) is 4.95. The van der Waals surface area contributed by atoms with Crippen molar-refractivity contribution in [1.82, 2.24) is 4.90 Å². The first-order valence-electron chi connectivity index (χ1n) is 5.61. The van der Waals surface area contributed by atoms with E-state index in [9.17, 15) is 9.90 Å². The number of thiophene rings is 1. The number of hydrogen-bond donors (Lipinski definition) is 1. The highest BCUT2D eigenvalue weighted by molar-refractivity contribution is 9.10. The minimum Gasteiger partial charge on any atom is -0.481 e. The van der Waals surface area contributed by atoms with Crippen molar-refractivity contribution >= 4 is 33.2 Å². The van der Waals surface area contributed by atoms with Crippen LogP contribution < -0.4 is 0 Å². The topological polar surface area (TPSA) is 40.5 Å². The molecule has 1 aromatic rings. The molecule has 1 unspecified atom stereocenters. The lowest BCUT2D eigenvalue weighted by Gasteiger charge is -2.19. The highest BCUT2D eigenvalue weighted by atomic mass is 79.9. The van der Waals surface area contributed by atoms with Crippen molar-refractivity contribution in [2.24, 2.45) is 5.41 Å². The van der Waals surface area contributed by atoms with E-state index in [1.54, 1.807) is 11.3 Å². The van der Waals surface area contributed by atoms with E-state index in [1.165, 1.54) is 9.75 Å². The Bertz CT molecular complexity index is 446. The Balaban J connectivity index is 2.03. The van der Waals surface area contributed by atoms with Gasteiger partial charge in [0.1, 0.15) is 0 Å². The number of carboxylic acids is 1. The van der Waals surface area contributed by atoms with Gasteiger partial charge in [-0.2, -0.15) is 0 Å². The van der Waals surface area contributed by atoms with Gasteiger partial charge in [0.2, 0.25) is 0 Å². The fourth-order valence-corrected chi connectivity index (χ4v) is 4.04. The van der Waals surface area contributed by atoms with E-state index >= 15 is 0 Å². The molecule has 2 heterocycles. The zero-order chi connectivity index (χ0) is 12.6. The summed E-state index contributed by atoms with van der Waals surface area (Å²) < 4.78 is 1.14. The molecule has 0 radical (unpaired) electrons. The van der Waals surface area contributed by atoms with E-state index in [2.05, 4.69) is 33.8 Å². The third kappa shape index (κ3) is 2.72. The van der Waals surface area contributed by atoms with Gasteiger partial charge in [0.25, 0.3) is 0 Å². The first-order chi connectivity index (χ1) is 7.90. The number of nitrogens with zero attached hydrogens (tertiary/aromatic N) is 1. The average molecular weight is 318 g/mol. The van der Waals surface area contributed by atoms with Crippen LogP contribution >= 0.6 is 27.3 Å². The van der Waals surface area contributed by atoms with E-state index in [4.69, 9.17) is 0 Å². The number of aliphatic carboxylic acids is 1. The van der Waals surface area contributed by atoms with E-state index in [0.717, 1.165) is 24.0 Å². The Morgan fingerprint density at radius 2 is 2.41 bits per heavy atom. The van der Waals surface area contributed by atoms with Crippen LogP contribution in [0.4, 0.5) is 0 Å². The van der Waals surface area contributed by atoms with Crippen LogP contribution in [0.15, 0.2) is 10.5 Å². The summed E-state index contributed by atoms with van der Waals surface area (Å²) >= 11 is 5.32. The summed E-state index contributed by atoms with van der Waals surface area (Å²) in [7, 11) is 0. The van der Waals surface area contributed by atoms with Crippen LogP contribution in [0.25, 0.3) is 0 Å². The summed E-state index contributed by atoms with van der Waals surface area (Å²) in [4.78, 5) is 16.0. The van der Waals surface area contributed by atoms with Gasteiger partial charge in [0.05, 0.1) is 5.41 Å². The highest BCUT2D eigenvalue weighted by Gasteiger charge is 2.40. The Morgan fingerprint density at radius 1 is 1.71 bits per heavy atom. The van der Waals surface area contributed by atoms with Crippen molar-refractivity contribution in [3.05, 3.63) is 20.3 Å². The Hall–Kier alpha value is -0.390. The summed E-state index contributed by atoms with van der Waals surface area (Å²) in [5, 5.41) is 9.18. The summed E-state index contributed by atoms with van der Waals surface area (Å²) in [6.07, 6.45) is 0.740. The fraction of sp³-hybridized carbons (Fsp3) is 0.583. The van der Waals surface area contributed by atoms with Crippen molar-refractivity contribution < 1.29 is 9.90 Å². The van der Waals surface area contributed by atoms with Crippen molar-refractivity contribution in [1.29, 1.82) is 0 Å². The van der Waals surface area contributed by atoms with Gasteiger partial charge < -0.3 is 5.11 Å². The molecular weight excluding hydrogens is 302 g/mol. The lowest BCUT2D eigenvalue weighted by Crippen LogP contribution is -2.31. The number of halogens is 1. The molecule has 1 saturated heterocycles. The molecule has 0 aromatic carbocycles. The molecule has 0 saturated carbocycles. The highest BCUT2D eigenvalue weighted by Crippen LogP contribution is 2.34. The second kappa shape index (κ2) is 4.71. The molecule has 1 fully saturated rings. The molecule has 1 aliphatic rings. The summed E-state index contributed by atoms with van der Waals surface area (Å²) in [5.41, 5.74) is -0.571. The summed E-state index contributed by atoms with van der Waals surface area (Å²) in [5.74, 6) is -0.679. The molecule has 94 valence electrons. The van der Waals surface area contributed by atoms with Gasteiger partial charge in [0.15, 0.2) is 0 Å². The van der Waals surface area contributed by atoms with Crippen LogP contribution in [0.5, 0.6) is 0 Å². The van der Waals surface area contributed by atoms with Gasteiger partial charge >= 0.3 is 5.97 Å². The maximum Gasteiger partial charge on any atom is 0.310 e. The SMILES string of the molecule is Cc1cc(Br)c(CN2CCC(C)(C(=O)O)C2)s1. The Morgan fingerprint density at radius 3 is 2.88 bits per heavy atom. The second-order valence-corrected chi connectivity index (χ2v) is 7.15. The molecule has 2 rings (SSSR count). The molecule has 1 aromatic heterocycles. The number of rotatable bonds is 3. The predicted molar refractivity (Wildman–Crippen MR) is 72.4 cm³/mol.